The summed E-state index contributed by atoms with van der Waals surface area (Å²) >= 11 is 0. The third kappa shape index (κ3) is 19.1. The van der Waals surface area contributed by atoms with Crippen molar-refractivity contribution >= 4 is 17.9 Å². The first-order valence-corrected chi connectivity index (χ1v) is 7.46. The summed E-state index contributed by atoms with van der Waals surface area (Å²) in [6.07, 6.45) is 6.04. The Bertz CT molecular complexity index is 449. The molecular weight excluding hydrogens is 326 g/mol. The Balaban J connectivity index is -0.000000328. The van der Waals surface area contributed by atoms with E-state index in [1.807, 2.05) is 6.92 Å². The van der Waals surface area contributed by atoms with Gasteiger partial charge in [0.1, 0.15) is 0 Å². The van der Waals surface area contributed by atoms with Crippen LogP contribution < -0.4 is 0 Å². The van der Waals surface area contributed by atoms with E-state index in [0.717, 1.165) is 12.8 Å². The van der Waals surface area contributed by atoms with Crippen molar-refractivity contribution in [2.45, 2.75) is 26.2 Å². The predicted octanol–water partition coefficient (Wildman–Crippen LogP) is 2.74. The summed E-state index contributed by atoms with van der Waals surface area (Å²) in [4.78, 5) is 32.2. The molecule has 0 unspecified atom stereocenters. The molecule has 0 spiro atoms. The van der Waals surface area contributed by atoms with E-state index < -0.39 is 17.9 Å². The van der Waals surface area contributed by atoms with Crippen molar-refractivity contribution in [1.82, 2.24) is 0 Å². The van der Waals surface area contributed by atoms with E-state index in [4.69, 9.17) is 5.26 Å². The standard InChI is InChI=1S/C8H12O4.C7H12O2.C3H3N/c1-4-5-6(7(9)11-2)8(10)12-3;1-3-5-6-9-7(8)4-2;1-2-3-4/h4,6H,1,5H2,2-3H3;4H,2-3,5-6H2,1H3;2H,1H2. The molecule has 0 amide bonds. The van der Waals surface area contributed by atoms with Gasteiger partial charge in [-0.15, -0.1) is 6.58 Å². The van der Waals surface area contributed by atoms with Gasteiger partial charge < -0.3 is 14.2 Å². The lowest BCUT2D eigenvalue weighted by molar-refractivity contribution is -0.158. The van der Waals surface area contributed by atoms with Gasteiger partial charge in [-0.2, -0.15) is 5.26 Å². The molecule has 0 aliphatic heterocycles. The van der Waals surface area contributed by atoms with Crippen LogP contribution in [0.15, 0.2) is 38.0 Å². The minimum atomic E-state index is -0.877. The number of nitriles is 1. The molecule has 0 aromatic rings. The van der Waals surface area contributed by atoms with Crippen molar-refractivity contribution in [3.63, 3.8) is 0 Å². The second kappa shape index (κ2) is 21.1. The second-order valence-electron chi connectivity index (χ2n) is 4.18. The zero-order valence-corrected chi connectivity index (χ0v) is 15.2. The Morgan fingerprint density at radius 2 is 1.60 bits per heavy atom. The normalized spacial score (nSPS) is 8.12. The van der Waals surface area contributed by atoms with Gasteiger partial charge in [0.15, 0.2) is 5.92 Å². The summed E-state index contributed by atoms with van der Waals surface area (Å²) in [6.45, 7) is 12.4. The number of hydrogen-bond acceptors (Lipinski definition) is 7. The second-order valence-corrected chi connectivity index (χ2v) is 4.18. The molecule has 0 radical (unpaired) electrons. The molecular formula is C18H27NO6. The van der Waals surface area contributed by atoms with Gasteiger partial charge in [0.2, 0.25) is 0 Å². The smallest absolute Gasteiger partial charge is 0.330 e. The summed E-state index contributed by atoms with van der Waals surface area (Å²) in [5, 5.41) is 7.51. The third-order valence-corrected chi connectivity index (χ3v) is 2.37. The molecule has 7 heteroatoms. The summed E-state index contributed by atoms with van der Waals surface area (Å²) in [7, 11) is 2.45. The number of esters is 3. The summed E-state index contributed by atoms with van der Waals surface area (Å²) in [5.74, 6) is -2.40. The average molecular weight is 353 g/mol. The first-order valence-electron chi connectivity index (χ1n) is 7.46. The number of ether oxygens (including phenoxy) is 3. The van der Waals surface area contributed by atoms with Crippen LogP contribution in [0.5, 0.6) is 0 Å². The monoisotopic (exact) mass is 353 g/mol. The van der Waals surface area contributed by atoms with Crippen LogP contribution >= 0.6 is 0 Å². The predicted molar refractivity (Wildman–Crippen MR) is 94.2 cm³/mol. The highest BCUT2D eigenvalue weighted by atomic mass is 16.5. The zero-order valence-electron chi connectivity index (χ0n) is 15.2. The Morgan fingerprint density at radius 1 is 1.12 bits per heavy atom. The van der Waals surface area contributed by atoms with Crippen LogP contribution in [0.4, 0.5) is 0 Å². The van der Waals surface area contributed by atoms with Crippen LogP contribution in [0.3, 0.4) is 0 Å². The molecule has 0 fully saturated rings. The maximum atomic E-state index is 10.9. The number of rotatable bonds is 8. The molecule has 0 aromatic heterocycles. The minimum absolute atomic E-state index is 0.235. The fourth-order valence-electron chi connectivity index (χ4n) is 1.12. The molecule has 0 aliphatic carbocycles. The van der Waals surface area contributed by atoms with Gasteiger partial charge in [-0.25, -0.2) is 4.79 Å². The number of methoxy groups -OCH3 is 2. The lowest BCUT2D eigenvalue weighted by Gasteiger charge is -2.08. The molecule has 140 valence electrons. The van der Waals surface area contributed by atoms with E-state index in [9.17, 15) is 14.4 Å². The molecule has 0 heterocycles. The highest BCUT2D eigenvalue weighted by Crippen LogP contribution is 2.07. The minimum Gasteiger partial charge on any atom is -0.468 e. The van der Waals surface area contributed by atoms with Crippen LogP contribution in [0.1, 0.15) is 26.2 Å². The SMILES string of the molecule is C=CC#N.C=CC(=O)OCCCC.C=CCC(C(=O)OC)C(=O)OC. The number of carbonyl (C=O) groups is 3. The Hall–Kier alpha value is -2.88. The fourth-order valence-corrected chi connectivity index (χ4v) is 1.12. The molecule has 0 atom stereocenters. The van der Waals surface area contributed by atoms with Gasteiger partial charge in [-0.3, -0.25) is 9.59 Å². The molecule has 0 N–H and O–H groups in total. The molecule has 0 bridgehead atoms. The molecule has 0 aromatic carbocycles. The summed E-state index contributed by atoms with van der Waals surface area (Å²) in [6, 6.07) is 1.69. The van der Waals surface area contributed by atoms with Gasteiger partial charge in [0, 0.05) is 12.2 Å². The quantitative estimate of drug-likeness (QED) is 0.126. The van der Waals surface area contributed by atoms with Gasteiger partial charge in [0.25, 0.3) is 0 Å². The first kappa shape index (κ1) is 27.0. The van der Waals surface area contributed by atoms with Crippen molar-refractivity contribution < 1.29 is 28.6 Å². The van der Waals surface area contributed by atoms with E-state index in [2.05, 4.69) is 33.9 Å². The molecule has 25 heavy (non-hydrogen) atoms. The van der Waals surface area contributed by atoms with Crippen LogP contribution in [0.25, 0.3) is 0 Å². The largest absolute Gasteiger partial charge is 0.468 e. The van der Waals surface area contributed by atoms with Crippen molar-refractivity contribution in [1.29, 1.82) is 5.26 Å². The maximum absolute atomic E-state index is 10.9. The van der Waals surface area contributed by atoms with Crippen molar-refractivity contribution in [2.75, 3.05) is 20.8 Å². The van der Waals surface area contributed by atoms with Crippen LogP contribution in [-0.2, 0) is 28.6 Å². The molecule has 7 nitrogen and oxygen atoms in total. The maximum Gasteiger partial charge on any atom is 0.330 e. The van der Waals surface area contributed by atoms with Crippen LogP contribution in [-0.4, -0.2) is 38.7 Å². The van der Waals surface area contributed by atoms with Crippen LogP contribution in [0.2, 0.25) is 0 Å². The molecule has 0 saturated carbocycles. The number of nitrogens with zero attached hydrogens (tertiary/aromatic N) is 1. The van der Waals surface area contributed by atoms with Crippen molar-refractivity contribution in [3.8, 4) is 6.07 Å². The first-order chi connectivity index (χ1) is 11.9. The summed E-state index contributed by atoms with van der Waals surface area (Å²) in [5.41, 5.74) is 0. The molecule has 0 aliphatic rings. The van der Waals surface area contributed by atoms with Crippen molar-refractivity contribution in [2.24, 2.45) is 5.92 Å². The zero-order chi connectivity index (χ0) is 20.1. The Labute approximate surface area is 149 Å². The van der Waals surface area contributed by atoms with Gasteiger partial charge >= 0.3 is 17.9 Å². The van der Waals surface area contributed by atoms with Crippen LogP contribution in [0, 0.1) is 17.2 Å². The summed E-state index contributed by atoms with van der Waals surface area (Å²) < 4.78 is 13.5. The highest BCUT2D eigenvalue weighted by Gasteiger charge is 2.26. The molecule has 0 rings (SSSR count). The van der Waals surface area contributed by atoms with E-state index in [1.165, 1.54) is 32.4 Å². The molecule has 0 saturated heterocycles. The van der Waals surface area contributed by atoms with E-state index in [0.29, 0.717) is 6.61 Å². The number of allylic oxidation sites excluding steroid dienone is 2. The highest BCUT2D eigenvalue weighted by molar-refractivity contribution is 5.94. The van der Waals surface area contributed by atoms with Gasteiger partial charge in [-0.05, 0) is 12.8 Å². The number of hydrogen-bond donors (Lipinski definition) is 0. The van der Waals surface area contributed by atoms with Crippen molar-refractivity contribution in [3.05, 3.63) is 38.0 Å². The fraction of sp³-hybridized carbons (Fsp3) is 0.444. The Kier molecular flexibility index (Phi) is 22.8. The van der Waals surface area contributed by atoms with Gasteiger partial charge in [-0.1, -0.05) is 32.6 Å². The Morgan fingerprint density at radius 3 is 1.88 bits per heavy atom. The topological polar surface area (TPSA) is 103 Å². The van der Waals surface area contributed by atoms with Gasteiger partial charge in [0.05, 0.1) is 26.9 Å². The number of carbonyl (C=O) groups excluding carboxylic acids is 3. The van der Waals surface area contributed by atoms with E-state index in [1.54, 1.807) is 6.07 Å². The lowest BCUT2D eigenvalue weighted by atomic mass is 10.1. The van der Waals surface area contributed by atoms with E-state index >= 15 is 0 Å². The third-order valence-electron chi connectivity index (χ3n) is 2.37. The van der Waals surface area contributed by atoms with E-state index in [-0.39, 0.29) is 12.4 Å². The number of unbranched alkanes of at least 4 members (excludes halogenated alkanes) is 1. The lowest BCUT2D eigenvalue weighted by Crippen LogP contribution is -2.25. The average Bonchev–Trinajstić information content (AvgIpc) is 2.65.